The van der Waals surface area contributed by atoms with Crippen molar-refractivity contribution in [3.05, 3.63) is 89.8 Å². The monoisotopic (exact) mass is 516 g/mol. The topological polar surface area (TPSA) is 80.5 Å². The molecule has 2 aromatic carbocycles. The minimum atomic E-state index is -0.170. The van der Waals surface area contributed by atoms with Gasteiger partial charge in [-0.05, 0) is 42.5 Å². The summed E-state index contributed by atoms with van der Waals surface area (Å²) in [6.45, 7) is 3.65. The zero-order valence-electron chi connectivity index (χ0n) is 22.6. The van der Waals surface area contributed by atoms with Gasteiger partial charge in [-0.3, -0.25) is 9.48 Å². The van der Waals surface area contributed by atoms with E-state index in [1.807, 2.05) is 46.1 Å². The van der Waals surface area contributed by atoms with Crippen molar-refractivity contribution in [1.82, 2.24) is 15.0 Å². The first-order valence-corrected chi connectivity index (χ1v) is 13.8. The SMILES string of the molecule is CO[C@H](c1ccc(N2CCCCCCC2=O)cc1)[C@H](C)/C=C/CCn1cc(C(CO)c2ccccc2)nn1. The molecule has 0 saturated carbocycles. The number of aryl methyl sites for hydroxylation is 1. The highest BCUT2D eigenvalue weighted by atomic mass is 16.5. The molecule has 7 nitrogen and oxygen atoms in total. The van der Waals surface area contributed by atoms with Crippen molar-refractivity contribution in [2.75, 3.05) is 25.2 Å². The first kappa shape index (κ1) is 27.7. The number of carbonyl (C=O) groups is 1. The molecule has 1 unspecified atom stereocenters. The summed E-state index contributed by atoms with van der Waals surface area (Å²) in [4.78, 5) is 14.5. The van der Waals surface area contributed by atoms with Crippen molar-refractivity contribution in [3.8, 4) is 0 Å². The molecule has 4 rings (SSSR count). The molecular weight excluding hydrogens is 476 g/mol. The van der Waals surface area contributed by atoms with Gasteiger partial charge in [0.1, 0.15) is 0 Å². The van der Waals surface area contributed by atoms with Gasteiger partial charge < -0.3 is 14.7 Å². The maximum atomic E-state index is 12.6. The van der Waals surface area contributed by atoms with Crippen LogP contribution in [0.2, 0.25) is 0 Å². The van der Waals surface area contributed by atoms with Gasteiger partial charge in [-0.1, -0.05) is 79.6 Å². The number of aromatic nitrogens is 3. The number of methoxy groups -OCH3 is 1. The second kappa shape index (κ2) is 14.0. The fraction of sp³-hybridized carbons (Fsp3) is 0.452. The molecule has 1 saturated heterocycles. The fourth-order valence-electron chi connectivity index (χ4n) is 5.19. The molecule has 0 spiro atoms. The van der Waals surface area contributed by atoms with Crippen LogP contribution in [-0.4, -0.2) is 46.3 Å². The van der Waals surface area contributed by atoms with Crippen molar-refractivity contribution in [1.29, 1.82) is 0 Å². The third-order valence-electron chi connectivity index (χ3n) is 7.35. The van der Waals surface area contributed by atoms with Crippen LogP contribution in [0.25, 0.3) is 0 Å². The molecule has 3 atom stereocenters. The van der Waals surface area contributed by atoms with Crippen LogP contribution in [0.15, 0.2) is 72.9 Å². The van der Waals surface area contributed by atoms with Gasteiger partial charge >= 0.3 is 0 Å². The van der Waals surface area contributed by atoms with Gasteiger partial charge in [0.2, 0.25) is 5.91 Å². The van der Waals surface area contributed by atoms with Crippen LogP contribution in [0, 0.1) is 5.92 Å². The highest BCUT2D eigenvalue weighted by Crippen LogP contribution is 2.29. The number of ether oxygens (including phenoxy) is 1. The van der Waals surface area contributed by atoms with Crippen molar-refractivity contribution in [3.63, 3.8) is 0 Å². The van der Waals surface area contributed by atoms with Crippen molar-refractivity contribution in [2.45, 2.75) is 64.0 Å². The number of carbonyl (C=O) groups excluding carboxylic acids is 1. The summed E-state index contributed by atoms with van der Waals surface area (Å²) in [7, 11) is 1.74. The average Bonchev–Trinajstić information content (AvgIpc) is 3.39. The number of benzene rings is 2. The van der Waals surface area contributed by atoms with E-state index in [0.29, 0.717) is 13.0 Å². The smallest absolute Gasteiger partial charge is 0.226 e. The standard InChI is InChI=1S/C31H40N4O3/c1-24(12-9-11-20-34-22-29(32-33-34)28(23-36)25-13-6-5-7-14-25)31(38-2)26-16-18-27(19-17-26)35-21-10-4-3-8-15-30(35)37/h5-7,9,12-14,16-19,22,24,28,31,36H,3-4,8,10-11,15,20-21,23H2,1-2H3/b12-9+/t24-,28?,31+/m1/s1. The molecule has 1 N–H and O–H groups in total. The van der Waals surface area contributed by atoms with E-state index < -0.39 is 0 Å². The van der Waals surface area contributed by atoms with E-state index in [2.05, 4.69) is 53.7 Å². The number of nitrogens with zero attached hydrogens (tertiary/aromatic N) is 4. The summed E-state index contributed by atoms with van der Waals surface area (Å²) in [5, 5.41) is 18.4. The minimum Gasteiger partial charge on any atom is -0.395 e. The Morgan fingerprint density at radius 2 is 1.79 bits per heavy atom. The molecule has 1 aromatic heterocycles. The van der Waals surface area contributed by atoms with Crippen molar-refractivity contribution in [2.24, 2.45) is 5.92 Å². The quantitative estimate of drug-likeness (QED) is 0.332. The Kier molecular flexibility index (Phi) is 10.2. The summed E-state index contributed by atoms with van der Waals surface area (Å²) >= 11 is 0. The third kappa shape index (κ3) is 7.17. The minimum absolute atomic E-state index is 0.00610. The Bertz CT molecular complexity index is 1160. The molecule has 1 amide bonds. The first-order chi connectivity index (χ1) is 18.6. The Morgan fingerprint density at radius 3 is 2.53 bits per heavy atom. The number of aliphatic hydroxyl groups is 1. The van der Waals surface area contributed by atoms with Gasteiger partial charge in [-0.15, -0.1) is 5.10 Å². The highest BCUT2D eigenvalue weighted by Gasteiger charge is 2.20. The molecule has 1 fully saturated rings. The molecule has 202 valence electrons. The zero-order valence-corrected chi connectivity index (χ0v) is 22.6. The molecule has 0 radical (unpaired) electrons. The number of anilines is 1. The van der Waals surface area contributed by atoms with E-state index in [1.54, 1.807) is 7.11 Å². The van der Waals surface area contributed by atoms with E-state index >= 15 is 0 Å². The van der Waals surface area contributed by atoms with E-state index in [4.69, 9.17) is 4.74 Å². The number of hydrogen-bond donors (Lipinski definition) is 1. The van der Waals surface area contributed by atoms with E-state index in [1.165, 1.54) is 6.42 Å². The molecule has 0 bridgehead atoms. The lowest BCUT2D eigenvalue weighted by Crippen LogP contribution is -2.32. The van der Waals surface area contributed by atoms with Crippen LogP contribution >= 0.6 is 0 Å². The Morgan fingerprint density at radius 1 is 1.03 bits per heavy atom. The Labute approximate surface area is 226 Å². The largest absolute Gasteiger partial charge is 0.395 e. The number of rotatable bonds is 11. The molecular formula is C31H40N4O3. The van der Waals surface area contributed by atoms with Gasteiger partial charge in [-0.25, -0.2) is 0 Å². The lowest BCUT2D eigenvalue weighted by atomic mass is 9.96. The van der Waals surface area contributed by atoms with Gasteiger partial charge in [0, 0.05) is 44.4 Å². The van der Waals surface area contributed by atoms with Gasteiger partial charge in [0.05, 0.1) is 24.3 Å². The van der Waals surface area contributed by atoms with Crippen LogP contribution < -0.4 is 4.90 Å². The Balaban J connectivity index is 1.32. The molecule has 3 aromatic rings. The fourth-order valence-corrected chi connectivity index (χ4v) is 5.19. The van der Waals surface area contributed by atoms with Gasteiger partial charge in [0.25, 0.3) is 0 Å². The molecule has 2 heterocycles. The van der Waals surface area contributed by atoms with Crippen LogP contribution in [0.4, 0.5) is 5.69 Å². The number of aliphatic hydroxyl groups excluding tert-OH is 1. The van der Waals surface area contributed by atoms with Crippen LogP contribution in [0.5, 0.6) is 0 Å². The maximum Gasteiger partial charge on any atom is 0.226 e. The summed E-state index contributed by atoms with van der Waals surface area (Å²) in [6, 6.07) is 18.2. The first-order valence-electron chi connectivity index (χ1n) is 13.8. The highest BCUT2D eigenvalue weighted by molar-refractivity contribution is 5.93. The lowest BCUT2D eigenvalue weighted by molar-refractivity contribution is -0.118. The van der Waals surface area contributed by atoms with Crippen LogP contribution in [0.3, 0.4) is 0 Å². The second-order valence-corrected chi connectivity index (χ2v) is 10.1. The number of hydrogen-bond acceptors (Lipinski definition) is 5. The maximum absolute atomic E-state index is 12.6. The number of amides is 1. The molecule has 7 heteroatoms. The average molecular weight is 517 g/mol. The van der Waals surface area contributed by atoms with E-state index in [0.717, 1.165) is 54.7 Å². The molecule has 0 aliphatic carbocycles. The summed E-state index contributed by atoms with van der Waals surface area (Å²) in [5.41, 5.74) is 3.88. The molecule has 38 heavy (non-hydrogen) atoms. The van der Waals surface area contributed by atoms with E-state index in [9.17, 15) is 9.90 Å². The zero-order chi connectivity index (χ0) is 26.7. The molecule has 1 aliphatic rings. The predicted molar refractivity (Wildman–Crippen MR) is 150 cm³/mol. The van der Waals surface area contributed by atoms with Crippen LogP contribution in [-0.2, 0) is 16.1 Å². The van der Waals surface area contributed by atoms with Gasteiger partial charge in [-0.2, -0.15) is 0 Å². The van der Waals surface area contributed by atoms with Crippen molar-refractivity contribution < 1.29 is 14.6 Å². The predicted octanol–water partition coefficient (Wildman–Crippen LogP) is 5.67. The second-order valence-electron chi connectivity index (χ2n) is 10.1. The normalized spacial score (nSPS) is 17.2. The van der Waals surface area contributed by atoms with Gasteiger partial charge in [0.15, 0.2) is 0 Å². The van der Waals surface area contributed by atoms with Crippen molar-refractivity contribution >= 4 is 11.6 Å². The number of allylic oxidation sites excluding steroid dienone is 1. The summed E-state index contributed by atoms with van der Waals surface area (Å²) < 4.78 is 7.69. The lowest BCUT2D eigenvalue weighted by Gasteiger charge is -2.26. The summed E-state index contributed by atoms with van der Waals surface area (Å²) in [5.74, 6) is 0.233. The summed E-state index contributed by atoms with van der Waals surface area (Å²) in [6.07, 6.45) is 12.0. The van der Waals surface area contributed by atoms with Crippen LogP contribution in [0.1, 0.15) is 74.3 Å². The van der Waals surface area contributed by atoms with E-state index in [-0.39, 0.29) is 30.5 Å². The third-order valence-corrected chi connectivity index (χ3v) is 7.35. The Hall–Kier alpha value is -3.29. The molecule has 1 aliphatic heterocycles.